The zero-order valence-electron chi connectivity index (χ0n) is 9.30. The van der Waals surface area contributed by atoms with Gasteiger partial charge in [0.2, 0.25) is 12.6 Å². The van der Waals surface area contributed by atoms with Crippen LogP contribution < -0.4 is 0 Å². The number of ether oxygens (including phenoxy) is 1. The summed E-state index contributed by atoms with van der Waals surface area (Å²) in [5.74, 6) is -0.494. The van der Waals surface area contributed by atoms with E-state index in [1.165, 1.54) is 0 Å². The molecule has 0 saturated heterocycles. The van der Waals surface area contributed by atoms with E-state index in [-0.39, 0.29) is 0 Å². The minimum absolute atomic E-state index is 0.458. The lowest BCUT2D eigenvalue weighted by Gasteiger charge is -2.25. The zero-order chi connectivity index (χ0) is 11.2. The second-order valence-electron chi connectivity index (χ2n) is 5.32. The lowest BCUT2D eigenvalue weighted by molar-refractivity contribution is -0.0613. The van der Waals surface area contributed by atoms with E-state index in [2.05, 4.69) is 0 Å². The molecule has 0 aromatic rings. The van der Waals surface area contributed by atoms with Gasteiger partial charge in [0.1, 0.15) is 0 Å². The van der Waals surface area contributed by atoms with E-state index in [9.17, 15) is 9.59 Å². The summed E-state index contributed by atoms with van der Waals surface area (Å²) in [7, 11) is 0. The van der Waals surface area contributed by atoms with E-state index in [1.54, 1.807) is 0 Å². The Morgan fingerprint density at radius 1 is 1.21 bits per heavy atom. The van der Waals surface area contributed by atoms with Crippen molar-refractivity contribution in [2.75, 3.05) is 0 Å². The molecule has 1 aliphatic rings. The standard InChI is InChI=1S/C11H16O3/c1-9(2,3)14-11(7-13)8(6-12)10(11,4)5/h8H,1-5H3. The summed E-state index contributed by atoms with van der Waals surface area (Å²) >= 11 is 0. The predicted molar refractivity (Wildman–Crippen MR) is 52.2 cm³/mol. The van der Waals surface area contributed by atoms with Gasteiger partial charge in [0.05, 0.1) is 11.5 Å². The molecular formula is C11H16O3. The van der Waals surface area contributed by atoms with Gasteiger partial charge < -0.3 is 4.74 Å². The highest BCUT2D eigenvalue weighted by Gasteiger charge is 2.75. The van der Waals surface area contributed by atoms with Crippen LogP contribution in [0.2, 0.25) is 0 Å². The molecule has 3 nitrogen and oxygen atoms in total. The van der Waals surface area contributed by atoms with Gasteiger partial charge in [-0.1, -0.05) is 13.8 Å². The second-order valence-corrected chi connectivity index (χ2v) is 5.32. The first kappa shape index (κ1) is 11.4. The summed E-state index contributed by atoms with van der Waals surface area (Å²) in [5, 5.41) is 0. The van der Waals surface area contributed by atoms with Crippen LogP contribution in [0.25, 0.3) is 0 Å². The summed E-state index contributed by atoms with van der Waals surface area (Å²) in [6, 6.07) is 0. The minimum Gasteiger partial charge on any atom is -0.360 e. The summed E-state index contributed by atoms with van der Waals surface area (Å²) in [4.78, 5) is 21.6. The topological polar surface area (TPSA) is 43.4 Å². The fraction of sp³-hybridized carbons (Fsp3) is 0.818. The maximum Gasteiger partial charge on any atom is 0.234 e. The molecule has 1 saturated carbocycles. The number of hydrogen-bond donors (Lipinski definition) is 0. The van der Waals surface area contributed by atoms with Gasteiger partial charge in [0.15, 0.2) is 5.60 Å². The molecule has 1 fully saturated rings. The van der Waals surface area contributed by atoms with Crippen LogP contribution in [0.5, 0.6) is 0 Å². The molecule has 14 heavy (non-hydrogen) atoms. The average molecular weight is 196 g/mol. The Bertz CT molecular complexity index is 262. The summed E-state index contributed by atoms with van der Waals surface area (Å²) in [6.45, 7) is 9.19. The Kier molecular flexibility index (Phi) is 2.35. The van der Waals surface area contributed by atoms with Crippen molar-refractivity contribution in [3.05, 3.63) is 0 Å². The smallest absolute Gasteiger partial charge is 0.234 e. The van der Waals surface area contributed by atoms with Gasteiger partial charge in [-0.2, -0.15) is 0 Å². The first-order valence-corrected chi connectivity index (χ1v) is 4.68. The molecule has 2 atom stereocenters. The van der Waals surface area contributed by atoms with Gasteiger partial charge >= 0.3 is 0 Å². The molecule has 0 aromatic heterocycles. The van der Waals surface area contributed by atoms with E-state index in [4.69, 9.17) is 4.74 Å². The molecule has 0 bridgehead atoms. The number of rotatable bonds is 3. The lowest BCUT2D eigenvalue weighted by atomic mass is 10.1. The lowest BCUT2D eigenvalue weighted by Crippen LogP contribution is -2.34. The van der Waals surface area contributed by atoms with Gasteiger partial charge in [-0.05, 0) is 20.8 Å². The molecule has 2 radical (unpaired) electrons. The second kappa shape index (κ2) is 2.89. The van der Waals surface area contributed by atoms with Gasteiger partial charge in [0.25, 0.3) is 0 Å². The van der Waals surface area contributed by atoms with Crippen molar-refractivity contribution in [1.82, 2.24) is 0 Å². The molecule has 0 aliphatic heterocycles. The van der Waals surface area contributed by atoms with Gasteiger partial charge in [-0.15, -0.1) is 0 Å². The zero-order valence-corrected chi connectivity index (χ0v) is 9.30. The quantitative estimate of drug-likeness (QED) is 0.685. The number of carbonyl (C=O) groups excluding carboxylic acids is 2. The first-order valence-electron chi connectivity index (χ1n) is 4.68. The van der Waals surface area contributed by atoms with Crippen molar-refractivity contribution < 1.29 is 14.3 Å². The average Bonchev–Trinajstić information content (AvgIpc) is 2.44. The van der Waals surface area contributed by atoms with Crippen molar-refractivity contribution >= 4 is 12.6 Å². The summed E-state index contributed by atoms with van der Waals surface area (Å²) in [5.41, 5.74) is -2.03. The third-order valence-electron chi connectivity index (χ3n) is 2.74. The maximum atomic E-state index is 10.9. The fourth-order valence-corrected chi connectivity index (χ4v) is 1.84. The summed E-state index contributed by atoms with van der Waals surface area (Å²) < 4.78 is 5.62. The molecule has 1 aliphatic carbocycles. The highest BCUT2D eigenvalue weighted by Crippen LogP contribution is 2.62. The van der Waals surface area contributed by atoms with Crippen LogP contribution >= 0.6 is 0 Å². The van der Waals surface area contributed by atoms with Crippen molar-refractivity contribution in [2.45, 2.75) is 45.8 Å². The molecule has 0 N–H and O–H groups in total. The van der Waals surface area contributed by atoms with Crippen molar-refractivity contribution in [1.29, 1.82) is 0 Å². The predicted octanol–water partition coefficient (Wildman–Crippen LogP) is 1.42. The van der Waals surface area contributed by atoms with Crippen LogP contribution in [0, 0.1) is 11.3 Å². The Labute approximate surface area is 84.8 Å². The Morgan fingerprint density at radius 3 is 1.93 bits per heavy atom. The molecule has 0 heterocycles. The molecule has 2 unspecified atom stereocenters. The SMILES string of the molecule is CC(C)(C)OC1([C]=O)C([C]=O)C1(C)C. The maximum absolute atomic E-state index is 10.9. The van der Waals surface area contributed by atoms with Gasteiger partial charge in [0, 0.05) is 5.41 Å². The highest BCUT2D eigenvalue weighted by atomic mass is 16.5. The van der Waals surface area contributed by atoms with Crippen LogP contribution in [0.4, 0.5) is 0 Å². The van der Waals surface area contributed by atoms with Crippen molar-refractivity contribution in [3.8, 4) is 0 Å². The number of hydrogen-bond acceptors (Lipinski definition) is 3. The molecule has 0 amide bonds. The Balaban J connectivity index is 2.92. The molecule has 1 rings (SSSR count). The summed E-state index contributed by atoms with van der Waals surface area (Å²) in [6.07, 6.45) is 3.72. The van der Waals surface area contributed by atoms with E-state index in [1.807, 2.05) is 47.2 Å². The molecule has 0 spiro atoms. The molecular weight excluding hydrogens is 180 g/mol. The molecule has 0 aromatic carbocycles. The van der Waals surface area contributed by atoms with Crippen LogP contribution in [0.1, 0.15) is 34.6 Å². The minimum atomic E-state index is -1.09. The fourth-order valence-electron chi connectivity index (χ4n) is 1.84. The van der Waals surface area contributed by atoms with Crippen LogP contribution in [-0.2, 0) is 14.3 Å². The van der Waals surface area contributed by atoms with E-state index >= 15 is 0 Å². The van der Waals surface area contributed by atoms with Crippen LogP contribution in [0.3, 0.4) is 0 Å². The van der Waals surface area contributed by atoms with Crippen molar-refractivity contribution in [2.24, 2.45) is 11.3 Å². The highest BCUT2D eigenvalue weighted by molar-refractivity contribution is 5.83. The normalized spacial score (nSPS) is 35.1. The Morgan fingerprint density at radius 2 is 1.71 bits per heavy atom. The third kappa shape index (κ3) is 1.40. The Hall–Kier alpha value is -0.700. The van der Waals surface area contributed by atoms with Gasteiger partial charge in [-0.3, -0.25) is 9.59 Å². The van der Waals surface area contributed by atoms with Gasteiger partial charge in [-0.25, -0.2) is 0 Å². The monoisotopic (exact) mass is 196 g/mol. The van der Waals surface area contributed by atoms with Crippen LogP contribution in [0.15, 0.2) is 0 Å². The largest absolute Gasteiger partial charge is 0.360 e. The van der Waals surface area contributed by atoms with Crippen molar-refractivity contribution in [3.63, 3.8) is 0 Å². The van der Waals surface area contributed by atoms with Crippen LogP contribution in [-0.4, -0.2) is 23.8 Å². The molecule has 3 heteroatoms. The first-order chi connectivity index (χ1) is 6.21. The third-order valence-corrected chi connectivity index (χ3v) is 2.74. The van der Waals surface area contributed by atoms with E-state index < -0.39 is 22.5 Å². The van der Waals surface area contributed by atoms with E-state index in [0.29, 0.717) is 0 Å². The van der Waals surface area contributed by atoms with E-state index in [0.717, 1.165) is 0 Å². The molecule has 78 valence electrons.